The quantitative estimate of drug-likeness (QED) is 0.479. The van der Waals surface area contributed by atoms with Crippen LogP contribution in [0.3, 0.4) is 0 Å². The minimum atomic E-state index is -0.0638. The van der Waals surface area contributed by atoms with E-state index in [0.29, 0.717) is 18.2 Å². The van der Waals surface area contributed by atoms with Gasteiger partial charge >= 0.3 is 0 Å². The summed E-state index contributed by atoms with van der Waals surface area (Å²) >= 11 is 5.74. The zero-order valence-electron chi connectivity index (χ0n) is 16.3. The molecule has 2 atom stereocenters. The molecule has 0 bridgehead atoms. The van der Waals surface area contributed by atoms with Gasteiger partial charge in [-0.25, -0.2) is 0 Å². The molecule has 0 spiro atoms. The Morgan fingerprint density at radius 1 is 0.933 bits per heavy atom. The summed E-state index contributed by atoms with van der Waals surface area (Å²) in [5, 5.41) is 4.18. The van der Waals surface area contributed by atoms with Gasteiger partial charge in [0.05, 0.1) is 42.8 Å². The molecule has 30 heavy (non-hydrogen) atoms. The molecular formula is C23H21N5OS. The Kier molecular flexibility index (Phi) is 5.03. The molecule has 1 N–H and O–H groups in total. The van der Waals surface area contributed by atoms with Crippen LogP contribution in [-0.4, -0.2) is 24.5 Å². The smallest absolute Gasteiger partial charge is 0.170 e. The zero-order valence-corrected chi connectivity index (χ0v) is 17.1. The van der Waals surface area contributed by atoms with E-state index in [9.17, 15) is 0 Å². The van der Waals surface area contributed by atoms with E-state index in [-0.39, 0.29) is 12.1 Å². The Bertz CT molecular complexity index is 1110. The van der Waals surface area contributed by atoms with E-state index in [2.05, 4.69) is 43.1 Å². The van der Waals surface area contributed by atoms with Crippen LogP contribution in [0.4, 0.5) is 0 Å². The van der Waals surface area contributed by atoms with Crippen LogP contribution in [0, 0.1) is 0 Å². The third-order valence-corrected chi connectivity index (χ3v) is 5.68. The number of hydrogen-bond donors (Lipinski definition) is 1. The summed E-state index contributed by atoms with van der Waals surface area (Å²) in [6.45, 7) is 1.28. The Morgan fingerprint density at radius 2 is 1.80 bits per heavy atom. The number of rotatable bonds is 6. The summed E-state index contributed by atoms with van der Waals surface area (Å²) in [4.78, 5) is 11.3. The van der Waals surface area contributed by atoms with E-state index < -0.39 is 0 Å². The normalized spacial score (nSPS) is 18.5. The maximum atomic E-state index is 5.74. The van der Waals surface area contributed by atoms with Crippen LogP contribution < -0.4 is 5.32 Å². The maximum Gasteiger partial charge on any atom is 0.170 e. The van der Waals surface area contributed by atoms with E-state index in [1.165, 1.54) is 0 Å². The first-order valence-electron chi connectivity index (χ1n) is 9.85. The molecule has 1 fully saturated rings. The van der Waals surface area contributed by atoms with Gasteiger partial charge in [-0.15, -0.1) is 0 Å². The van der Waals surface area contributed by atoms with Crippen LogP contribution in [0.25, 0.3) is 0 Å². The largest absolute Gasteiger partial charge is 0.467 e. The standard InChI is InChI=1S/C23H21N5OS/c30-23-26-21(19-9-2-4-12-25-19)22(28(23)16-18-8-6-14-29-18)20-10-5-13-27(20)15-17-7-1-3-11-24-17/h1-14,21-22H,15-16H2,(H,26,30)/t21-,22-/m1/s1. The minimum absolute atomic E-state index is 0.0313. The lowest BCUT2D eigenvalue weighted by Crippen LogP contribution is -2.30. The molecule has 1 aliphatic rings. The third kappa shape index (κ3) is 3.59. The van der Waals surface area contributed by atoms with Crippen LogP contribution in [0.1, 0.15) is 34.9 Å². The van der Waals surface area contributed by atoms with Gasteiger partial charge in [0, 0.05) is 24.3 Å². The first kappa shape index (κ1) is 18.6. The molecular weight excluding hydrogens is 394 g/mol. The number of furan rings is 1. The zero-order chi connectivity index (χ0) is 20.3. The number of aromatic nitrogens is 3. The Labute approximate surface area is 180 Å². The first-order valence-corrected chi connectivity index (χ1v) is 10.3. The molecule has 5 rings (SSSR count). The fourth-order valence-corrected chi connectivity index (χ4v) is 4.28. The van der Waals surface area contributed by atoms with Gasteiger partial charge in [0.25, 0.3) is 0 Å². The number of pyridine rings is 2. The van der Waals surface area contributed by atoms with Crippen molar-refractivity contribution >= 4 is 17.3 Å². The van der Waals surface area contributed by atoms with Crippen molar-refractivity contribution < 1.29 is 4.42 Å². The van der Waals surface area contributed by atoms with Crippen LogP contribution in [-0.2, 0) is 13.1 Å². The van der Waals surface area contributed by atoms with E-state index in [0.717, 1.165) is 22.8 Å². The predicted octanol–water partition coefficient (Wildman–Crippen LogP) is 4.09. The van der Waals surface area contributed by atoms with Crippen LogP contribution in [0.2, 0.25) is 0 Å². The van der Waals surface area contributed by atoms with Crippen molar-refractivity contribution in [3.63, 3.8) is 0 Å². The van der Waals surface area contributed by atoms with Crippen molar-refractivity contribution in [1.82, 2.24) is 24.8 Å². The molecule has 4 aromatic heterocycles. The van der Waals surface area contributed by atoms with Gasteiger partial charge in [0.2, 0.25) is 0 Å². The molecule has 1 saturated heterocycles. The summed E-state index contributed by atoms with van der Waals surface area (Å²) in [7, 11) is 0. The average Bonchev–Trinajstić information content (AvgIpc) is 3.52. The van der Waals surface area contributed by atoms with Crippen molar-refractivity contribution in [2.45, 2.75) is 25.2 Å². The number of hydrogen-bond acceptors (Lipinski definition) is 4. The maximum absolute atomic E-state index is 5.74. The molecule has 1 aliphatic heterocycles. The molecule has 150 valence electrons. The molecule has 4 aromatic rings. The molecule has 0 unspecified atom stereocenters. The molecule has 0 amide bonds. The highest BCUT2D eigenvalue weighted by molar-refractivity contribution is 7.80. The molecule has 0 radical (unpaired) electrons. The van der Waals surface area contributed by atoms with Crippen LogP contribution in [0.15, 0.2) is 89.9 Å². The van der Waals surface area contributed by atoms with Gasteiger partial charge in [-0.3, -0.25) is 9.97 Å². The third-order valence-electron chi connectivity index (χ3n) is 5.33. The summed E-state index contributed by atoms with van der Waals surface area (Å²) in [5.74, 6) is 0.869. The summed E-state index contributed by atoms with van der Waals surface area (Å²) in [6, 6.07) is 19.9. The van der Waals surface area contributed by atoms with E-state index >= 15 is 0 Å². The second kappa shape index (κ2) is 8.12. The SMILES string of the molecule is S=C1N[C@H](c2ccccn2)[C@@H](c2cccn2Cc2ccccn2)N1Cc1ccco1. The number of nitrogens with zero attached hydrogens (tertiary/aromatic N) is 4. The monoisotopic (exact) mass is 415 g/mol. The minimum Gasteiger partial charge on any atom is -0.467 e. The Balaban J connectivity index is 1.54. The van der Waals surface area contributed by atoms with Gasteiger partial charge in [0.15, 0.2) is 5.11 Å². The van der Waals surface area contributed by atoms with E-state index in [1.54, 1.807) is 6.26 Å². The fourth-order valence-electron chi connectivity index (χ4n) is 3.97. The fraction of sp³-hybridized carbons (Fsp3) is 0.174. The van der Waals surface area contributed by atoms with Crippen LogP contribution in [0.5, 0.6) is 0 Å². The summed E-state index contributed by atoms with van der Waals surface area (Å²) in [6.07, 6.45) is 7.42. The van der Waals surface area contributed by atoms with Gasteiger partial charge in [-0.1, -0.05) is 12.1 Å². The lowest BCUT2D eigenvalue weighted by Gasteiger charge is -2.28. The van der Waals surface area contributed by atoms with Gasteiger partial charge in [-0.2, -0.15) is 0 Å². The molecule has 6 nitrogen and oxygen atoms in total. The van der Waals surface area contributed by atoms with Crippen molar-refractivity contribution in [1.29, 1.82) is 0 Å². The van der Waals surface area contributed by atoms with Crippen molar-refractivity contribution in [2.75, 3.05) is 0 Å². The second-order valence-corrected chi connectivity index (χ2v) is 7.60. The topological polar surface area (TPSA) is 59.1 Å². The summed E-state index contributed by atoms with van der Waals surface area (Å²) < 4.78 is 7.84. The van der Waals surface area contributed by atoms with E-state index in [1.807, 2.05) is 60.9 Å². The lowest BCUT2D eigenvalue weighted by molar-refractivity contribution is 0.277. The highest BCUT2D eigenvalue weighted by atomic mass is 32.1. The first-order chi connectivity index (χ1) is 14.8. The van der Waals surface area contributed by atoms with Crippen LogP contribution >= 0.6 is 12.2 Å². The van der Waals surface area contributed by atoms with Crippen molar-refractivity contribution in [2.24, 2.45) is 0 Å². The number of thiocarbonyl (C=S) groups is 1. The lowest BCUT2D eigenvalue weighted by atomic mass is 10.0. The molecule has 7 heteroatoms. The van der Waals surface area contributed by atoms with Gasteiger partial charge < -0.3 is 19.2 Å². The van der Waals surface area contributed by atoms with E-state index in [4.69, 9.17) is 16.6 Å². The Hall–Kier alpha value is -3.45. The average molecular weight is 416 g/mol. The van der Waals surface area contributed by atoms with Crippen molar-refractivity contribution in [3.05, 3.63) is 108 Å². The summed E-state index contributed by atoms with van der Waals surface area (Å²) in [5.41, 5.74) is 3.11. The highest BCUT2D eigenvalue weighted by Gasteiger charge is 2.41. The number of nitrogens with one attached hydrogen (secondary N) is 1. The Morgan fingerprint density at radius 3 is 2.53 bits per heavy atom. The second-order valence-electron chi connectivity index (χ2n) is 7.22. The van der Waals surface area contributed by atoms with Gasteiger partial charge in [0.1, 0.15) is 5.76 Å². The predicted molar refractivity (Wildman–Crippen MR) is 117 cm³/mol. The molecule has 0 aliphatic carbocycles. The molecule has 0 aromatic carbocycles. The molecule has 5 heterocycles. The molecule has 0 saturated carbocycles. The van der Waals surface area contributed by atoms with Crippen molar-refractivity contribution in [3.8, 4) is 0 Å². The van der Waals surface area contributed by atoms with Gasteiger partial charge in [-0.05, 0) is 60.7 Å². The highest BCUT2D eigenvalue weighted by Crippen LogP contribution is 2.39.